The topological polar surface area (TPSA) is 160 Å². The molecule has 138 valence electrons. The summed E-state index contributed by atoms with van der Waals surface area (Å²) in [6.07, 6.45) is -7.33. The molecule has 1 saturated heterocycles. The van der Waals surface area contributed by atoms with Crippen LogP contribution < -0.4 is 0 Å². The van der Waals surface area contributed by atoms with Crippen LogP contribution in [0.25, 0.3) is 0 Å². The Morgan fingerprint density at radius 2 is 1.71 bits per heavy atom. The molecule has 1 fully saturated rings. The average Bonchev–Trinajstić information content (AvgIpc) is 2.70. The van der Waals surface area contributed by atoms with Gasteiger partial charge >= 0.3 is 11.9 Å². The summed E-state index contributed by atoms with van der Waals surface area (Å²) in [6, 6.07) is 0. The van der Waals surface area contributed by atoms with E-state index in [1.54, 1.807) is 0 Å². The van der Waals surface area contributed by atoms with E-state index in [-0.39, 0.29) is 13.2 Å². The van der Waals surface area contributed by atoms with Crippen molar-refractivity contribution in [1.82, 2.24) is 0 Å². The highest BCUT2D eigenvalue weighted by atomic mass is 16.7. The number of Topliss-reactive ketones (excluding diaryl/α,β-unsaturated/α-hetero) is 1. The van der Waals surface area contributed by atoms with Crippen LogP contribution >= 0.6 is 0 Å². The number of carbonyl (C=O) groups excluding carboxylic acids is 3. The molecule has 24 heavy (non-hydrogen) atoms. The van der Waals surface area contributed by atoms with Crippen molar-refractivity contribution in [2.24, 2.45) is 0 Å². The maximum Gasteiger partial charge on any atom is 0.345 e. The third-order valence-electron chi connectivity index (χ3n) is 3.71. The molecule has 1 heterocycles. The summed E-state index contributed by atoms with van der Waals surface area (Å²) in [5, 5.41) is 41.4. The third-order valence-corrected chi connectivity index (χ3v) is 3.71. The molecule has 0 amide bonds. The molecular formula is C14H22O10. The lowest BCUT2D eigenvalue weighted by molar-refractivity contribution is -0.242. The van der Waals surface area contributed by atoms with Crippen molar-refractivity contribution in [2.75, 3.05) is 13.2 Å². The fraction of sp³-hybridized carbons (Fsp3) is 0.786. The van der Waals surface area contributed by atoms with E-state index in [0.717, 1.165) is 6.92 Å². The summed E-state index contributed by atoms with van der Waals surface area (Å²) < 4.78 is 14.1. The maximum atomic E-state index is 12.2. The summed E-state index contributed by atoms with van der Waals surface area (Å²) in [5.74, 6) is -3.36. The van der Waals surface area contributed by atoms with Crippen molar-refractivity contribution in [3.05, 3.63) is 0 Å². The van der Waals surface area contributed by atoms with E-state index in [2.05, 4.69) is 9.47 Å². The van der Waals surface area contributed by atoms with E-state index in [1.165, 1.54) is 13.8 Å². The molecule has 0 saturated carbocycles. The minimum Gasteiger partial charge on any atom is -0.464 e. The van der Waals surface area contributed by atoms with Crippen LogP contribution in [0.4, 0.5) is 0 Å². The molecule has 0 radical (unpaired) electrons. The number of hydrogen-bond donors (Lipinski definition) is 4. The standard InChI is InChI=1S/C14H22O10/c1-4-22-10(17)9-14(21,11(18)23-5-2)13(20,12(19)24-9)8(16)6-7(3)15/h8-9,12,16,19-21H,4-6H2,1-3H3/t8-,9-,12?,13+,14-/m1/s1. The zero-order chi connectivity index (χ0) is 18.7. The van der Waals surface area contributed by atoms with Gasteiger partial charge in [0.25, 0.3) is 0 Å². The van der Waals surface area contributed by atoms with E-state index in [0.29, 0.717) is 0 Å². The van der Waals surface area contributed by atoms with E-state index < -0.39 is 53.8 Å². The molecule has 0 aliphatic carbocycles. The lowest BCUT2D eigenvalue weighted by Gasteiger charge is -2.39. The molecule has 0 aromatic rings. The van der Waals surface area contributed by atoms with Gasteiger partial charge in [0.2, 0.25) is 11.7 Å². The van der Waals surface area contributed by atoms with Gasteiger partial charge < -0.3 is 34.6 Å². The normalized spacial score (nSPS) is 33.8. The highest BCUT2D eigenvalue weighted by Crippen LogP contribution is 2.43. The van der Waals surface area contributed by atoms with Gasteiger partial charge in [0.05, 0.1) is 19.3 Å². The van der Waals surface area contributed by atoms with Crippen molar-refractivity contribution in [1.29, 1.82) is 0 Å². The van der Waals surface area contributed by atoms with Gasteiger partial charge in [-0.1, -0.05) is 0 Å². The summed E-state index contributed by atoms with van der Waals surface area (Å²) >= 11 is 0. The zero-order valence-electron chi connectivity index (χ0n) is 13.6. The van der Waals surface area contributed by atoms with Gasteiger partial charge in [-0.3, -0.25) is 4.79 Å². The molecule has 1 aliphatic heterocycles. The Bertz CT molecular complexity index is 506. The Morgan fingerprint density at radius 1 is 1.17 bits per heavy atom. The molecular weight excluding hydrogens is 328 g/mol. The van der Waals surface area contributed by atoms with Crippen LogP contribution in [0.2, 0.25) is 0 Å². The van der Waals surface area contributed by atoms with E-state index in [1.807, 2.05) is 0 Å². The Hall–Kier alpha value is -1.59. The van der Waals surface area contributed by atoms with Crippen molar-refractivity contribution in [3.8, 4) is 0 Å². The monoisotopic (exact) mass is 350 g/mol. The largest absolute Gasteiger partial charge is 0.464 e. The summed E-state index contributed by atoms with van der Waals surface area (Å²) in [5.41, 5.74) is -6.26. The van der Waals surface area contributed by atoms with Crippen molar-refractivity contribution < 1.29 is 49.0 Å². The predicted octanol–water partition coefficient (Wildman–Crippen LogP) is -2.37. The second kappa shape index (κ2) is 7.53. The summed E-state index contributed by atoms with van der Waals surface area (Å²) in [7, 11) is 0. The Morgan fingerprint density at radius 3 is 2.17 bits per heavy atom. The fourth-order valence-corrected chi connectivity index (χ4v) is 2.53. The van der Waals surface area contributed by atoms with Gasteiger partial charge in [-0.2, -0.15) is 0 Å². The lowest BCUT2D eigenvalue weighted by Crippen LogP contribution is -2.70. The van der Waals surface area contributed by atoms with Gasteiger partial charge in [-0.15, -0.1) is 0 Å². The number of aliphatic hydroxyl groups excluding tert-OH is 2. The number of carbonyl (C=O) groups is 3. The molecule has 0 spiro atoms. The third kappa shape index (κ3) is 3.15. The zero-order valence-corrected chi connectivity index (χ0v) is 13.6. The first-order valence-corrected chi connectivity index (χ1v) is 7.36. The van der Waals surface area contributed by atoms with Gasteiger partial charge in [0.15, 0.2) is 11.9 Å². The van der Waals surface area contributed by atoms with Gasteiger partial charge in [-0.05, 0) is 20.8 Å². The molecule has 4 N–H and O–H groups in total. The Labute approximate surface area is 137 Å². The lowest BCUT2D eigenvalue weighted by atomic mass is 9.75. The number of esters is 2. The molecule has 1 rings (SSSR count). The SMILES string of the molecule is CCOC(=O)[C@H]1OC(O)[C@@](O)([C@H](O)CC(C)=O)[C@]1(O)C(=O)OCC. The number of ketones is 1. The maximum absolute atomic E-state index is 12.2. The number of hydrogen-bond acceptors (Lipinski definition) is 10. The van der Waals surface area contributed by atoms with E-state index >= 15 is 0 Å². The van der Waals surface area contributed by atoms with Crippen molar-refractivity contribution in [3.63, 3.8) is 0 Å². The first kappa shape index (κ1) is 20.5. The molecule has 1 unspecified atom stereocenters. The number of rotatable bonds is 7. The Balaban J connectivity index is 3.40. The van der Waals surface area contributed by atoms with Crippen LogP contribution in [-0.4, -0.2) is 81.1 Å². The molecule has 0 aromatic carbocycles. The van der Waals surface area contributed by atoms with Crippen molar-refractivity contribution >= 4 is 17.7 Å². The van der Waals surface area contributed by atoms with Crippen LogP contribution in [0.3, 0.4) is 0 Å². The van der Waals surface area contributed by atoms with Gasteiger partial charge in [0, 0.05) is 6.42 Å². The van der Waals surface area contributed by atoms with Crippen LogP contribution in [0.1, 0.15) is 27.2 Å². The molecule has 1 aliphatic rings. The van der Waals surface area contributed by atoms with E-state index in [4.69, 9.17) is 4.74 Å². The van der Waals surface area contributed by atoms with E-state index in [9.17, 15) is 34.8 Å². The predicted molar refractivity (Wildman–Crippen MR) is 75.4 cm³/mol. The highest BCUT2D eigenvalue weighted by molar-refractivity contribution is 5.92. The van der Waals surface area contributed by atoms with Gasteiger partial charge in [-0.25, -0.2) is 9.59 Å². The molecule has 5 atom stereocenters. The summed E-state index contributed by atoms with van der Waals surface area (Å²) in [6.45, 7) is 3.57. The number of ether oxygens (including phenoxy) is 3. The molecule has 0 bridgehead atoms. The van der Waals surface area contributed by atoms with Crippen molar-refractivity contribution in [2.45, 2.75) is 56.9 Å². The molecule has 0 aromatic heterocycles. The fourth-order valence-electron chi connectivity index (χ4n) is 2.53. The molecule has 10 nitrogen and oxygen atoms in total. The van der Waals surface area contributed by atoms with Crippen LogP contribution in [-0.2, 0) is 28.6 Å². The van der Waals surface area contributed by atoms with Crippen LogP contribution in [0.15, 0.2) is 0 Å². The van der Waals surface area contributed by atoms with Crippen LogP contribution in [0, 0.1) is 0 Å². The second-order valence-corrected chi connectivity index (χ2v) is 5.35. The summed E-state index contributed by atoms with van der Waals surface area (Å²) in [4.78, 5) is 35.4. The highest BCUT2D eigenvalue weighted by Gasteiger charge is 2.76. The van der Waals surface area contributed by atoms with Gasteiger partial charge in [0.1, 0.15) is 5.78 Å². The second-order valence-electron chi connectivity index (χ2n) is 5.35. The number of aliphatic hydroxyl groups is 4. The quantitative estimate of drug-likeness (QED) is 0.365. The minimum atomic E-state index is -3.18. The smallest absolute Gasteiger partial charge is 0.345 e. The first-order valence-electron chi connectivity index (χ1n) is 7.36. The average molecular weight is 350 g/mol. The first-order chi connectivity index (χ1) is 11.1. The Kier molecular flexibility index (Phi) is 6.42. The molecule has 10 heteroatoms. The van der Waals surface area contributed by atoms with Crippen LogP contribution in [0.5, 0.6) is 0 Å². The minimum absolute atomic E-state index is 0.137.